The minimum atomic E-state index is -0.108. The van der Waals surface area contributed by atoms with Crippen molar-refractivity contribution in [1.82, 2.24) is 10.1 Å². The third kappa shape index (κ3) is 3.34. The molecule has 1 fully saturated rings. The zero-order valence-corrected chi connectivity index (χ0v) is 15.6. The molecule has 0 bridgehead atoms. The molecule has 7 heteroatoms. The molecule has 0 spiro atoms. The monoisotopic (exact) mass is 385 g/mol. The molecule has 1 saturated heterocycles. The number of halogens is 1. The van der Waals surface area contributed by atoms with Gasteiger partial charge in [0.1, 0.15) is 0 Å². The minimum Gasteiger partial charge on any atom is -0.339 e. The highest BCUT2D eigenvalue weighted by Gasteiger charge is 2.35. The molecule has 3 aromatic rings. The first-order valence-electron chi connectivity index (χ1n) is 8.18. The second kappa shape index (κ2) is 7.13. The van der Waals surface area contributed by atoms with Crippen LogP contribution in [0.15, 0.2) is 57.9 Å². The molecule has 132 valence electrons. The summed E-state index contributed by atoms with van der Waals surface area (Å²) in [4.78, 5) is 19.9. The molecular weight excluding hydrogens is 370 g/mol. The Morgan fingerprint density at radius 3 is 2.77 bits per heavy atom. The molecule has 1 atom stereocenters. The van der Waals surface area contributed by atoms with E-state index >= 15 is 0 Å². The van der Waals surface area contributed by atoms with Gasteiger partial charge in [0.2, 0.25) is 17.6 Å². The Labute approximate surface area is 160 Å². The zero-order valence-electron chi connectivity index (χ0n) is 14.1. The van der Waals surface area contributed by atoms with Crippen LogP contribution in [0, 0.1) is 0 Å². The Balaban J connectivity index is 1.53. The Morgan fingerprint density at radius 2 is 2.04 bits per heavy atom. The van der Waals surface area contributed by atoms with Crippen molar-refractivity contribution in [3.8, 4) is 11.4 Å². The molecule has 0 radical (unpaired) electrons. The fourth-order valence-electron chi connectivity index (χ4n) is 3.03. The van der Waals surface area contributed by atoms with Crippen molar-refractivity contribution in [3.63, 3.8) is 0 Å². The first-order chi connectivity index (χ1) is 12.6. The maximum absolute atomic E-state index is 12.4. The summed E-state index contributed by atoms with van der Waals surface area (Å²) < 4.78 is 5.43. The van der Waals surface area contributed by atoms with Gasteiger partial charge >= 0.3 is 0 Å². The number of hydrogen-bond acceptors (Lipinski definition) is 5. The molecule has 1 aliphatic heterocycles. The number of thioether (sulfide) groups is 1. The number of anilines is 1. The van der Waals surface area contributed by atoms with Crippen LogP contribution in [0.3, 0.4) is 0 Å². The molecule has 0 aliphatic carbocycles. The lowest BCUT2D eigenvalue weighted by atomic mass is 10.1. The normalized spacial score (nSPS) is 17.1. The number of aromatic nitrogens is 2. The van der Waals surface area contributed by atoms with Crippen LogP contribution >= 0.6 is 23.4 Å². The van der Waals surface area contributed by atoms with Crippen LogP contribution in [0.2, 0.25) is 5.02 Å². The van der Waals surface area contributed by atoms with Crippen molar-refractivity contribution in [2.45, 2.75) is 17.2 Å². The summed E-state index contributed by atoms with van der Waals surface area (Å²) in [6.07, 6.45) is 2.39. The molecule has 1 aromatic heterocycles. The predicted molar refractivity (Wildman–Crippen MR) is 103 cm³/mol. The van der Waals surface area contributed by atoms with Crippen LogP contribution in [0.4, 0.5) is 5.69 Å². The highest BCUT2D eigenvalue weighted by Crippen LogP contribution is 2.32. The lowest BCUT2D eigenvalue weighted by molar-refractivity contribution is -0.117. The topological polar surface area (TPSA) is 59.2 Å². The summed E-state index contributed by atoms with van der Waals surface area (Å²) >= 11 is 7.69. The van der Waals surface area contributed by atoms with Gasteiger partial charge in [-0.2, -0.15) is 4.98 Å². The average Bonchev–Trinajstić information content (AvgIpc) is 3.29. The number of hydrogen-bond donors (Lipinski definition) is 0. The van der Waals surface area contributed by atoms with Crippen molar-refractivity contribution < 1.29 is 9.32 Å². The smallest absolute Gasteiger partial charge is 0.232 e. The summed E-state index contributed by atoms with van der Waals surface area (Å²) in [5.41, 5.74) is 1.69. The van der Waals surface area contributed by atoms with Crippen molar-refractivity contribution >= 4 is 35.0 Å². The van der Waals surface area contributed by atoms with Gasteiger partial charge in [-0.3, -0.25) is 4.79 Å². The van der Waals surface area contributed by atoms with Gasteiger partial charge < -0.3 is 9.42 Å². The van der Waals surface area contributed by atoms with Crippen LogP contribution in [0.1, 0.15) is 18.2 Å². The van der Waals surface area contributed by atoms with Crippen molar-refractivity contribution in [2.24, 2.45) is 0 Å². The summed E-state index contributed by atoms with van der Waals surface area (Å²) in [5, 5.41) is 4.66. The number of benzene rings is 2. The fourth-order valence-corrected chi connectivity index (χ4v) is 3.63. The van der Waals surface area contributed by atoms with Crippen molar-refractivity contribution in [1.29, 1.82) is 0 Å². The first kappa shape index (κ1) is 17.1. The predicted octanol–water partition coefficient (Wildman–Crippen LogP) is 4.63. The van der Waals surface area contributed by atoms with E-state index in [9.17, 15) is 4.79 Å². The standard InChI is InChI=1S/C19H16ClN3O2S/c1-26-16-7-5-15(6-8-16)23-11-13(10-17(23)24)19-21-18(22-25-19)12-3-2-4-14(20)9-12/h2-9,13H,10-11H2,1H3. The van der Waals surface area contributed by atoms with Crippen molar-refractivity contribution in [2.75, 3.05) is 17.7 Å². The van der Waals surface area contributed by atoms with E-state index in [2.05, 4.69) is 10.1 Å². The van der Waals surface area contributed by atoms with Crippen LogP contribution in [0.5, 0.6) is 0 Å². The second-order valence-corrected chi connectivity index (χ2v) is 7.39. The largest absolute Gasteiger partial charge is 0.339 e. The molecule has 0 saturated carbocycles. The highest BCUT2D eigenvalue weighted by atomic mass is 35.5. The highest BCUT2D eigenvalue weighted by molar-refractivity contribution is 7.98. The summed E-state index contributed by atoms with van der Waals surface area (Å²) in [7, 11) is 0. The summed E-state index contributed by atoms with van der Waals surface area (Å²) in [6, 6.07) is 15.3. The number of nitrogens with zero attached hydrogens (tertiary/aromatic N) is 3. The molecule has 5 nitrogen and oxygen atoms in total. The molecule has 0 N–H and O–H groups in total. The van der Waals surface area contributed by atoms with Gasteiger partial charge in [-0.05, 0) is 42.7 Å². The van der Waals surface area contributed by atoms with Gasteiger partial charge in [0.25, 0.3) is 0 Å². The van der Waals surface area contributed by atoms with Crippen LogP contribution in [-0.2, 0) is 4.79 Å². The zero-order chi connectivity index (χ0) is 18.1. The van der Waals surface area contributed by atoms with Crippen LogP contribution < -0.4 is 4.90 Å². The Hall–Kier alpha value is -2.31. The molecule has 4 rings (SSSR count). The van der Waals surface area contributed by atoms with Gasteiger partial charge in [-0.1, -0.05) is 28.9 Å². The van der Waals surface area contributed by atoms with Gasteiger partial charge in [0.05, 0.1) is 5.92 Å². The van der Waals surface area contributed by atoms with Gasteiger partial charge in [-0.15, -0.1) is 11.8 Å². The molecule has 1 amide bonds. The van der Waals surface area contributed by atoms with E-state index in [1.807, 2.05) is 42.7 Å². The van der Waals surface area contributed by atoms with E-state index in [0.717, 1.165) is 11.3 Å². The number of carbonyl (C=O) groups excluding carboxylic acids is 1. The first-order valence-corrected chi connectivity index (χ1v) is 9.78. The summed E-state index contributed by atoms with van der Waals surface area (Å²) in [6.45, 7) is 0.536. The van der Waals surface area contributed by atoms with E-state index < -0.39 is 0 Å². The number of rotatable bonds is 4. The maximum Gasteiger partial charge on any atom is 0.232 e. The van der Waals surface area contributed by atoms with Gasteiger partial charge in [0.15, 0.2) is 0 Å². The molecule has 26 heavy (non-hydrogen) atoms. The van der Waals surface area contributed by atoms with E-state index in [0.29, 0.717) is 29.7 Å². The third-order valence-electron chi connectivity index (χ3n) is 4.38. The summed E-state index contributed by atoms with van der Waals surface area (Å²) in [5.74, 6) is 0.923. The van der Waals surface area contributed by atoms with Gasteiger partial charge in [-0.25, -0.2) is 0 Å². The quantitative estimate of drug-likeness (QED) is 0.612. The van der Waals surface area contributed by atoms with Crippen LogP contribution in [0.25, 0.3) is 11.4 Å². The van der Waals surface area contributed by atoms with Gasteiger partial charge in [0, 0.05) is 34.1 Å². The molecular formula is C19H16ClN3O2S. The lowest BCUT2D eigenvalue weighted by Gasteiger charge is -2.16. The molecule has 1 unspecified atom stereocenters. The molecule has 2 heterocycles. The van der Waals surface area contributed by atoms with E-state index in [-0.39, 0.29) is 11.8 Å². The Morgan fingerprint density at radius 1 is 1.23 bits per heavy atom. The van der Waals surface area contributed by atoms with Crippen LogP contribution in [-0.4, -0.2) is 28.8 Å². The minimum absolute atomic E-state index is 0.0643. The number of carbonyl (C=O) groups is 1. The molecule has 1 aliphatic rings. The fraction of sp³-hybridized carbons (Fsp3) is 0.211. The van der Waals surface area contributed by atoms with E-state index in [1.165, 1.54) is 4.90 Å². The Kier molecular flexibility index (Phi) is 4.70. The van der Waals surface area contributed by atoms with E-state index in [1.54, 1.807) is 28.8 Å². The lowest BCUT2D eigenvalue weighted by Crippen LogP contribution is -2.24. The second-order valence-electron chi connectivity index (χ2n) is 6.07. The van der Waals surface area contributed by atoms with Crippen molar-refractivity contribution in [3.05, 3.63) is 59.4 Å². The average molecular weight is 386 g/mol. The Bertz CT molecular complexity index is 942. The molecule has 2 aromatic carbocycles. The van der Waals surface area contributed by atoms with E-state index in [4.69, 9.17) is 16.1 Å². The number of amides is 1. The third-order valence-corrected chi connectivity index (χ3v) is 5.36. The SMILES string of the molecule is CSc1ccc(N2CC(c3nc(-c4cccc(Cl)c4)no3)CC2=O)cc1. The maximum atomic E-state index is 12.4.